The third kappa shape index (κ3) is 4.09. The van der Waals surface area contributed by atoms with Gasteiger partial charge in [0.1, 0.15) is 0 Å². The van der Waals surface area contributed by atoms with Gasteiger partial charge in [-0.25, -0.2) is 0 Å². The van der Waals surface area contributed by atoms with E-state index in [4.69, 9.17) is 4.74 Å². The van der Waals surface area contributed by atoms with Gasteiger partial charge in [-0.2, -0.15) is 0 Å². The molecule has 18 heavy (non-hydrogen) atoms. The molecule has 0 atom stereocenters. The summed E-state index contributed by atoms with van der Waals surface area (Å²) in [5.74, 6) is 0. The van der Waals surface area contributed by atoms with Crippen LogP contribution in [0.1, 0.15) is 24.5 Å². The Morgan fingerprint density at radius 3 is 2.83 bits per heavy atom. The summed E-state index contributed by atoms with van der Waals surface area (Å²) in [6, 6.07) is 8.74. The van der Waals surface area contributed by atoms with Crippen LogP contribution in [0.2, 0.25) is 0 Å². The first kappa shape index (κ1) is 13.5. The van der Waals surface area contributed by atoms with Crippen molar-refractivity contribution in [3.05, 3.63) is 35.4 Å². The number of rotatable bonds is 5. The van der Waals surface area contributed by atoms with Crippen molar-refractivity contribution in [2.75, 3.05) is 32.8 Å². The molecule has 0 unspecified atom stereocenters. The van der Waals surface area contributed by atoms with Gasteiger partial charge in [0.05, 0.1) is 6.61 Å². The molecule has 1 aliphatic heterocycles. The van der Waals surface area contributed by atoms with Crippen LogP contribution in [-0.4, -0.2) is 37.7 Å². The predicted octanol–water partition coefficient (Wildman–Crippen LogP) is 2.02. The second kappa shape index (κ2) is 7.52. The number of nitrogens with zero attached hydrogens (tertiary/aromatic N) is 1. The van der Waals surface area contributed by atoms with Crippen molar-refractivity contribution < 1.29 is 4.74 Å². The molecule has 3 nitrogen and oxygen atoms in total. The molecule has 1 saturated heterocycles. The molecule has 0 saturated carbocycles. The van der Waals surface area contributed by atoms with Crippen LogP contribution in [0.25, 0.3) is 0 Å². The molecule has 3 heteroatoms. The first-order valence-corrected chi connectivity index (χ1v) is 6.97. The minimum Gasteiger partial charge on any atom is -0.380 e. The van der Waals surface area contributed by atoms with Gasteiger partial charge in [0.15, 0.2) is 0 Å². The molecule has 0 aliphatic carbocycles. The smallest absolute Gasteiger partial charge is 0.0593 e. The Hall–Kier alpha value is -0.900. The zero-order valence-corrected chi connectivity index (χ0v) is 11.3. The van der Waals surface area contributed by atoms with Gasteiger partial charge in [-0.1, -0.05) is 31.2 Å². The van der Waals surface area contributed by atoms with Crippen LogP contribution >= 0.6 is 0 Å². The van der Waals surface area contributed by atoms with E-state index in [9.17, 15) is 0 Å². The zero-order valence-electron chi connectivity index (χ0n) is 11.3. The SMILES string of the molecule is CCNCc1ccccc1CN1CCCOCC1. The van der Waals surface area contributed by atoms with Crippen LogP contribution < -0.4 is 5.32 Å². The van der Waals surface area contributed by atoms with Crippen LogP contribution in [0.15, 0.2) is 24.3 Å². The minimum absolute atomic E-state index is 0.870. The van der Waals surface area contributed by atoms with E-state index in [1.54, 1.807) is 0 Å². The highest BCUT2D eigenvalue weighted by Gasteiger charge is 2.11. The lowest BCUT2D eigenvalue weighted by atomic mass is 10.1. The molecule has 0 radical (unpaired) electrons. The number of hydrogen-bond acceptors (Lipinski definition) is 3. The average molecular weight is 248 g/mol. The van der Waals surface area contributed by atoms with E-state index in [0.717, 1.165) is 52.4 Å². The maximum absolute atomic E-state index is 5.50. The van der Waals surface area contributed by atoms with Gasteiger partial charge in [-0.3, -0.25) is 4.90 Å². The Morgan fingerprint density at radius 1 is 1.17 bits per heavy atom. The van der Waals surface area contributed by atoms with Crippen LogP contribution in [0.5, 0.6) is 0 Å². The third-order valence-corrected chi connectivity index (χ3v) is 3.39. The molecule has 0 bridgehead atoms. The van der Waals surface area contributed by atoms with Gasteiger partial charge >= 0.3 is 0 Å². The molecular formula is C15H24N2O. The van der Waals surface area contributed by atoms with Gasteiger partial charge in [-0.05, 0) is 24.1 Å². The summed E-state index contributed by atoms with van der Waals surface area (Å²) in [4.78, 5) is 2.50. The topological polar surface area (TPSA) is 24.5 Å². The molecule has 100 valence electrons. The van der Waals surface area contributed by atoms with Crippen LogP contribution in [0.3, 0.4) is 0 Å². The molecule has 1 aromatic carbocycles. The molecule has 1 N–H and O–H groups in total. The highest BCUT2D eigenvalue weighted by Crippen LogP contribution is 2.13. The Kier molecular flexibility index (Phi) is 5.65. The van der Waals surface area contributed by atoms with Gasteiger partial charge in [0, 0.05) is 32.8 Å². The second-order valence-electron chi connectivity index (χ2n) is 4.79. The molecule has 1 aromatic rings. The summed E-state index contributed by atoms with van der Waals surface area (Å²) in [6.45, 7) is 9.17. The molecule has 0 aromatic heterocycles. The van der Waals surface area contributed by atoms with Crippen molar-refractivity contribution in [3.63, 3.8) is 0 Å². The zero-order chi connectivity index (χ0) is 12.6. The van der Waals surface area contributed by atoms with E-state index in [2.05, 4.69) is 41.4 Å². The van der Waals surface area contributed by atoms with E-state index in [0.29, 0.717) is 0 Å². The van der Waals surface area contributed by atoms with E-state index >= 15 is 0 Å². The fraction of sp³-hybridized carbons (Fsp3) is 0.600. The quantitative estimate of drug-likeness (QED) is 0.863. The first-order valence-electron chi connectivity index (χ1n) is 6.97. The summed E-state index contributed by atoms with van der Waals surface area (Å²) in [6.07, 6.45) is 1.15. The normalized spacial score (nSPS) is 17.6. The molecule has 0 spiro atoms. The van der Waals surface area contributed by atoms with Gasteiger partial charge in [-0.15, -0.1) is 0 Å². The van der Waals surface area contributed by atoms with Gasteiger partial charge < -0.3 is 10.1 Å². The summed E-state index contributed by atoms with van der Waals surface area (Å²) < 4.78 is 5.50. The highest BCUT2D eigenvalue weighted by molar-refractivity contribution is 5.27. The Bertz CT molecular complexity index is 346. The molecular weight excluding hydrogens is 224 g/mol. The largest absolute Gasteiger partial charge is 0.380 e. The monoisotopic (exact) mass is 248 g/mol. The lowest BCUT2D eigenvalue weighted by Gasteiger charge is -2.21. The van der Waals surface area contributed by atoms with Crippen molar-refractivity contribution in [1.82, 2.24) is 10.2 Å². The first-order chi connectivity index (χ1) is 8.90. The van der Waals surface area contributed by atoms with Gasteiger partial charge in [0.25, 0.3) is 0 Å². The third-order valence-electron chi connectivity index (χ3n) is 3.39. The lowest BCUT2D eigenvalue weighted by Crippen LogP contribution is -2.26. The van der Waals surface area contributed by atoms with Crippen molar-refractivity contribution in [3.8, 4) is 0 Å². The van der Waals surface area contributed by atoms with E-state index < -0.39 is 0 Å². The summed E-state index contributed by atoms with van der Waals surface area (Å²) in [7, 11) is 0. The number of hydrogen-bond donors (Lipinski definition) is 1. The molecule has 2 rings (SSSR count). The highest BCUT2D eigenvalue weighted by atomic mass is 16.5. The van der Waals surface area contributed by atoms with Gasteiger partial charge in [0.2, 0.25) is 0 Å². The van der Waals surface area contributed by atoms with Crippen LogP contribution in [0.4, 0.5) is 0 Å². The maximum atomic E-state index is 5.50. The Labute approximate surface area is 110 Å². The number of ether oxygens (including phenoxy) is 1. The fourth-order valence-electron chi connectivity index (χ4n) is 2.34. The lowest BCUT2D eigenvalue weighted by molar-refractivity contribution is 0.140. The standard InChI is InChI=1S/C15H24N2O/c1-2-16-12-14-6-3-4-7-15(14)13-17-8-5-10-18-11-9-17/h3-4,6-7,16H,2,5,8-13H2,1H3. The van der Waals surface area contributed by atoms with Crippen LogP contribution in [-0.2, 0) is 17.8 Å². The van der Waals surface area contributed by atoms with Crippen molar-refractivity contribution in [2.45, 2.75) is 26.4 Å². The predicted molar refractivity (Wildman–Crippen MR) is 74.5 cm³/mol. The number of nitrogens with one attached hydrogen (secondary N) is 1. The summed E-state index contributed by atoms with van der Waals surface area (Å²) in [5.41, 5.74) is 2.87. The Balaban J connectivity index is 1.98. The second-order valence-corrected chi connectivity index (χ2v) is 4.79. The maximum Gasteiger partial charge on any atom is 0.0593 e. The van der Waals surface area contributed by atoms with Crippen molar-refractivity contribution in [1.29, 1.82) is 0 Å². The summed E-state index contributed by atoms with van der Waals surface area (Å²) in [5, 5.41) is 3.41. The van der Waals surface area contributed by atoms with Crippen LogP contribution in [0, 0.1) is 0 Å². The number of benzene rings is 1. The minimum atomic E-state index is 0.870. The fourth-order valence-corrected chi connectivity index (χ4v) is 2.34. The van der Waals surface area contributed by atoms with E-state index in [1.165, 1.54) is 11.1 Å². The molecule has 0 amide bonds. The summed E-state index contributed by atoms with van der Waals surface area (Å²) >= 11 is 0. The Morgan fingerprint density at radius 2 is 2.00 bits per heavy atom. The van der Waals surface area contributed by atoms with Crippen molar-refractivity contribution >= 4 is 0 Å². The molecule has 1 heterocycles. The molecule has 1 fully saturated rings. The average Bonchev–Trinajstić information content (AvgIpc) is 2.66. The molecule has 1 aliphatic rings. The van der Waals surface area contributed by atoms with E-state index in [-0.39, 0.29) is 0 Å². The van der Waals surface area contributed by atoms with Crippen molar-refractivity contribution in [2.24, 2.45) is 0 Å². The van der Waals surface area contributed by atoms with E-state index in [1.807, 2.05) is 0 Å².